The van der Waals surface area contributed by atoms with Crippen molar-refractivity contribution < 1.29 is 14.2 Å². The number of aliphatic imine (C=N–C) groups is 1. The van der Waals surface area contributed by atoms with E-state index in [1.54, 1.807) is 14.2 Å². The average molecular weight is 371 g/mol. The predicted molar refractivity (Wildman–Crippen MR) is 110 cm³/mol. The molecule has 0 fully saturated rings. The van der Waals surface area contributed by atoms with Crippen LogP contribution in [0.5, 0.6) is 17.2 Å². The summed E-state index contributed by atoms with van der Waals surface area (Å²) in [4.78, 5) is 4.66. The second-order valence-corrected chi connectivity index (χ2v) is 5.75. The van der Waals surface area contributed by atoms with Crippen molar-refractivity contribution in [2.45, 2.75) is 20.3 Å². The van der Waals surface area contributed by atoms with E-state index >= 15 is 0 Å². The van der Waals surface area contributed by atoms with Gasteiger partial charge in [-0.1, -0.05) is 18.2 Å². The molecule has 0 amide bonds. The standard InChI is InChI=1S/C21H29N3O3/c1-5-22-21(23-14-13-16-9-7-8-10-18(16)25-3)24-17-11-12-19(26-4)20(15-17)27-6-2/h7-12,15H,5-6,13-14H2,1-4H3,(H2,22,23,24). The Morgan fingerprint density at radius 3 is 2.44 bits per heavy atom. The molecular weight excluding hydrogens is 342 g/mol. The van der Waals surface area contributed by atoms with Gasteiger partial charge in [-0.15, -0.1) is 0 Å². The molecule has 0 aliphatic rings. The van der Waals surface area contributed by atoms with Crippen molar-refractivity contribution in [3.05, 3.63) is 48.0 Å². The highest BCUT2D eigenvalue weighted by Gasteiger charge is 2.07. The SMILES string of the molecule is CCNC(=NCCc1ccccc1OC)Nc1ccc(OC)c(OCC)c1. The van der Waals surface area contributed by atoms with E-state index in [4.69, 9.17) is 14.2 Å². The Morgan fingerprint density at radius 2 is 1.74 bits per heavy atom. The van der Waals surface area contributed by atoms with Gasteiger partial charge in [0.15, 0.2) is 17.5 Å². The van der Waals surface area contributed by atoms with Crippen molar-refractivity contribution in [1.29, 1.82) is 0 Å². The average Bonchev–Trinajstić information content (AvgIpc) is 2.69. The molecule has 27 heavy (non-hydrogen) atoms. The molecule has 2 aromatic carbocycles. The summed E-state index contributed by atoms with van der Waals surface area (Å²) in [5.74, 6) is 3.03. The highest BCUT2D eigenvalue weighted by atomic mass is 16.5. The van der Waals surface area contributed by atoms with Crippen LogP contribution in [-0.4, -0.2) is 39.9 Å². The van der Waals surface area contributed by atoms with E-state index in [2.05, 4.69) is 21.7 Å². The van der Waals surface area contributed by atoms with Crippen LogP contribution in [-0.2, 0) is 6.42 Å². The van der Waals surface area contributed by atoms with Crippen LogP contribution in [0.25, 0.3) is 0 Å². The normalized spacial score (nSPS) is 11.0. The highest BCUT2D eigenvalue weighted by molar-refractivity contribution is 5.93. The largest absolute Gasteiger partial charge is 0.496 e. The van der Waals surface area contributed by atoms with Crippen LogP contribution >= 0.6 is 0 Å². The Bertz CT molecular complexity index is 747. The Balaban J connectivity index is 2.08. The predicted octanol–water partition coefficient (Wildman–Crippen LogP) is 3.72. The minimum absolute atomic E-state index is 0.576. The highest BCUT2D eigenvalue weighted by Crippen LogP contribution is 2.30. The lowest BCUT2D eigenvalue weighted by molar-refractivity contribution is 0.311. The zero-order chi connectivity index (χ0) is 19.5. The molecule has 2 N–H and O–H groups in total. The summed E-state index contributed by atoms with van der Waals surface area (Å²) >= 11 is 0. The topological polar surface area (TPSA) is 64.1 Å². The summed E-state index contributed by atoms with van der Waals surface area (Å²) in [5.41, 5.74) is 2.03. The van der Waals surface area contributed by atoms with E-state index in [9.17, 15) is 0 Å². The molecule has 0 saturated carbocycles. The number of nitrogens with zero attached hydrogens (tertiary/aromatic N) is 1. The van der Waals surface area contributed by atoms with E-state index < -0.39 is 0 Å². The van der Waals surface area contributed by atoms with Crippen LogP contribution in [0.1, 0.15) is 19.4 Å². The number of para-hydroxylation sites is 1. The molecule has 6 nitrogen and oxygen atoms in total. The van der Waals surface area contributed by atoms with Gasteiger partial charge in [0.25, 0.3) is 0 Å². The molecule has 0 atom stereocenters. The second-order valence-electron chi connectivity index (χ2n) is 5.75. The van der Waals surface area contributed by atoms with E-state index in [1.165, 1.54) is 0 Å². The lowest BCUT2D eigenvalue weighted by Crippen LogP contribution is -2.30. The smallest absolute Gasteiger partial charge is 0.195 e. The maximum Gasteiger partial charge on any atom is 0.195 e. The summed E-state index contributed by atoms with van der Waals surface area (Å²) in [7, 11) is 3.32. The first-order valence-electron chi connectivity index (χ1n) is 9.19. The molecule has 0 aliphatic carbocycles. The Morgan fingerprint density at radius 1 is 0.963 bits per heavy atom. The number of rotatable bonds is 9. The van der Waals surface area contributed by atoms with Gasteiger partial charge in [0.1, 0.15) is 5.75 Å². The van der Waals surface area contributed by atoms with E-state index in [1.807, 2.05) is 50.2 Å². The molecule has 0 spiro atoms. The fraction of sp³-hybridized carbons (Fsp3) is 0.381. The molecule has 0 saturated heterocycles. The number of methoxy groups -OCH3 is 2. The molecule has 0 aliphatic heterocycles. The minimum atomic E-state index is 0.576. The van der Waals surface area contributed by atoms with Crippen molar-refractivity contribution in [3.8, 4) is 17.2 Å². The number of benzene rings is 2. The lowest BCUT2D eigenvalue weighted by Gasteiger charge is -2.14. The number of anilines is 1. The third-order valence-corrected chi connectivity index (χ3v) is 3.91. The van der Waals surface area contributed by atoms with Crippen molar-refractivity contribution in [3.63, 3.8) is 0 Å². The molecule has 0 bridgehead atoms. The van der Waals surface area contributed by atoms with E-state index in [0.29, 0.717) is 24.7 Å². The Hall–Kier alpha value is -2.89. The van der Waals surface area contributed by atoms with Gasteiger partial charge in [-0.3, -0.25) is 4.99 Å². The molecule has 0 aromatic heterocycles. The number of nitrogens with one attached hydrogen (secondary N) is 2. The molecule has 2 rings (SSSR count). The molecule has 0 unspecified atom stereocenters. The maximum absolute atomic E-state index is 5.64. The van der Waals surface area contributed by atoms with Gasteiger partial charge in [0.2, 0.25) is 0 Å². The number of ether oxygens (including phenoxy) is 3. The summed E-state index contributed by atoms with van der Waals surface area (Å²) in [6.45, 7) is 5.98. The van der Waals surface area contributed by atoms with Crippen molar-refractivity contribution in [2.24, 2.45) is 4.99 Å². The van der Waals surface area contributed by atoms with Crippen LogP contribution in [0.4, 0.5) is 5.69 Å². The molecule has 6 heteroatoms. The quantitative estimate of drug-likeness (QED) is 0.519. The van der Waals surface area contributed by atoms with Crippen LogP contribution < -0.4 is 24.8 Å². The van der Waals surface area contributed by atoms with Gasteiger partial charge in [0.05, 0.1) is 20.8 Å². The summed E-state index contributed by atoms with van der Waals surface area (Å²) in [5, 5.41) is 6.58. The summed E-state index contributed by atoms with van der Waals surface area (Å²) in [6.07, 6.45) is 0.799. The summed E-state index contributed by atoms with van der Waals surface area (Å²) < 4.78 is 16.4. The van der Waals surface area contributed by atoms with E-state index in [0.717, 1.165) is 35.9 Å². The van der Waals surface area contributed by atoms with Gasteiger partial charge in [-0.2, -0.15) is 0 Å². The Kier molecular flexibility index (Phi) is 8.29. The second kappa shape index (κ2) is 11.0. The number of guanidine groups is 1. The first-order chi connectivity index (χ1) is 13.2. The van der Waals surface area contributed by atoms with Gasteiger partial charge >= 0.3 is 0 Å². The minimum Gasteiger partial charge on any atom is -0.496 e. The Labute approximate surface area is 161 Å². The fourth-order valence-electron chi connectivity index (χ4n) is 2.66. The van der Waals surface area contributed by atoms with Gasteiger partial charge < -0.3 is 24.8 Å². The monoisotopic (exact) mass is 371 g/mol. The van der Waals surface area contributed by atoms with Crippen molar-refractivity contribution in [2.75, 3.05) is 39.2 Å². The van der Waals surface area contributed by atoms with Crippen LogP contribution in [0.3, 0.4) is 0 Å². The third kappa shape index (κ3) is 6.09. The fourth-order valence-corrected chi connectivity index (χ4v) is 2.66. The van der Waals surface area contributed by atoms with Crippen LogP contribution in [0.15, 0.2) is 47.5 Å². The van der Waals surface area contributed by atoms with Gasteiger partial charge in [0, 0.05) is 24.8 Å². The first kappa shape index (κ1) is 20.4. The number of hydrogen-bond acceptors (Lipinski definition) is 4. The molecule has 0 heterocycles. The van der Waals surface area contributed by atoms with Crippen LogP contribution in [0.2, 0.25) is 0 Å². The van der Waals surface area contributed by atoms with Crippen molar-refractivity contribution >= 4 is 11.6 Å². The van der Waals surface area contributed by atoms with Gasteiger partial charge in [-0.25, -0.2) is 0 Å². The van der Waals surface area contributed by atoms with Crippen LogP contribution in [0, 0.1) is 0 Å². The zero-order valence-corrected chi connectivity index (χ0v) is 16.5. The number of hydrogen-bond donors (Lipinski definition) is 2. The maximum atomic E-state index is 5.64. The molecule has 146 valence electrons. The molecule has 0 radical (unpaired) electrons. The lowest BCUT2D eigenvalue weighted by atomic mass is 10.1. The third-order valence-electron chi connectivity index (χ3n) is 3.91. The van der Waals surface area contributed by atoms with Crippen molar-refractivity contribution in [1.82, 2.24) is 5.32 Å². The summed E-state index contributed by atoms with van der Waals surface area (Å²) in [6, 6.07) is 13.7. The first-order valence-corrected chi connectivity index (χ1v) is 9.19. The van der Waals surface area contributed by atoms with Gasteiger partial charge in [-0.05, 0) is 44.0 Å². The zero-order valence-electron chi connectivity index (χ0n) is 16.5. The van der Waals surface area contributed by atoms with E-state index in [-0.39, 0.29) is 0 Å². The molecular formula is C21H29N3O3. The molecule has 2 aromatic rings.